The number of benzene rings is 1. The first-order valence-corrected chi connectivity index (χ1v) is 9.66. The minimum atomic E-state index is -0.687. The van der Waals surface area contributed by atoms with Gasteiger partial charge in [0.05, 0.1) is 23.9 Å². The Morgan fingerprint density at radius 2 is 1.81 bits per heavy atom. The summed E-state index contributed by atoms with van der Waals surface area (Å²) in [5.41, 5.74) is 6.31. The van der Waals surface area contributed by atoms with E-state index in [1.54, 1.807) is 6.07 Å². The van der Waals surface area contributed by atoms with Gasteiger partial charge in [0.1, 0.15) is 11.4 Å². The topological polar surface area (TPSA) is 65.2 Å². The van der Waals surface area contributed by atoms with Gasteiger partial charge in [0, 0.05) is 0 Å². The molecule has 1 heterocycles. The first-order valence-electron chi connectivity index (χ1n) is 9.66. The summed E-state index contributed by atoms with van der Waals surface area (Å²) in [6, 6.07) is 12.9. The van der Waals surface area contributed by atoms with Gasteiger partial charge >= 0.3 is 0 Å². The average molecular weight is 368 g/mol. The van der Waals surface area contributed by atoms with Gasteiger partial charge in [-0.2, -0.15) is 0 Å². The minimum Gasteiger partial charge on any atom is -0.369 e. The maximum absolute atomic E-state index is 13.4. The SMILES string of the molecule is NC(=O)[C@]1(c2ccccc2)CC[C@@](OCC2CC2)(c2ccc(F)cn2)CC1. The number of primary amides is 1. The van der Waals surface area contributed by atoms with E-state index in [-0.39, 0.29) is 11.7 Å². The molecule has 2 aliphatic carbocycles. The van der Waals surface area contributed by atoms with E-state index in [9.17, 15) is 9.18 Å². The number of nitrogens with zero attached hydrogens (tertiary/aromatic N) is 1. The smallest absolute Gasteiger partial charge is 0.228 e. The van der Waals surface area contributed by atoms with E-state index >= 15 is 0 Å². The number of pyridine rings is 1. The summed E-state index contributed by atoms with van der Waals surface area (Å²) in [5.74, 6) is -0.0431. The molecule has 0 bridgehead atoms. The van der Waals surface area contributed by atoms with Crippen LogP contribution in [0.15, 0.2) is 48.7 Å². The van der Waals surface area contributed by atoms with E-state index in [0.29, 0.717) is 38.2 Å². The lowest BCUT2D eigenvalue weighted by Crippen LogP contribution is -2.49. The molecule has 2 aromatic rings. The molecular weight excluding hydrogens is 343 g/mol. The fourth-order valence-corrected chi connectivity index (χ4v) is 4.20. The number of hydrogen-bond donors (Lipinski definition) is 1. The number of halogens is 1. The van der Waals surface area contributed by atoms with Crippen molar-refractivity contribution in [1.29, 1.82) is 0 Å². The number of rotatable bonds is 6. The van der Waals surface area contributed by atoms with Gasteiger partial charge in [-0.15, -0.1) is 0 Å². The number of carbonyl (C=O) groups excluding carboxylic acids is 1. The van der Waals surface area contributed by atoms with Gasteiger partial charge in [0.25, 0.3) is 0 Å². The minimum absolute atomic E-state index is 0.295. The Morgan fingerprint density at radius 3 is 2.37 bits per heavy atom. The molecule has 2 aliphatic rings. The second-order valence-electron chi connectivity index (χ2n) is 7.92. The van der Waals surface area contributed by atoms with Crippen molar-refractivity contribution in [2.45, 2.75) is 49.5 Å². The molecule has 1 aromatic heterocycles. The Bertz CT molecular complexity index is 795. The Morgan fingerprint density at radius 1 is 1.11 bits per heavy atom. The lowest BCUT2D eigenvalue weighted by Gasteiger charge is -2.45. The van der Waals surface area contributed by atoms with Gasteiger partial charge in [-0.1, -0.05) is 30.3 Å². The van der Waals surface area contributed by atoms with Crippen molar-refractivity contribution < 1.29 is 13.9 Å². The summed E-state index contributed by atoms with van der Waals surface area (Å²) < 4.78 is 19.8. The molecule has 5 heteroatoms. The summed E-state index contributed by atoms with van der Waals surface area (Å²) >= 11 is 0. The van der Waals surface area contributed by atoms with Crippen LogP contribution in [0.4, 0.5) is 4.39 Å². The zero-order valence-corrected chi connectivity index (χ0v) is 15.4. The Labute approximate surface area is 158 Å². The summed E-state index contributed by atoms with van der Waals surface area (Å²) in [6.07, 6.45) is 6.09. The number of nitrogens with two attached hydrogens (primary N) is 1. The third-order valence-corrected chi connectivity index (χ3v) is 6.20. The van der Waals surface area contributed by atoms with Crippen LogP contribution in [0.1, 0.15) is 49.8 Å². The standard InChI is InChI=1S/C22H25FN2O2/c23-18-8-9-19(25-14-18)22(27-15-16-6-7-16)12-10-21(11-13-22,20(24)26)17-4-2-1-3-5-17/h1-5,8-9,14,16H,6-7,10-13,15H2,(H2,24,26)/t21-,22+. The summed E-state index contributed by atoms with van der Waals surface area (Å²) in [5, 5.41) is 0. The van der Waals surface area contributed by atoms with Crippen LogP contribution in [-0.4, -0.2) is 17.5 Å². The summed E-state index contributed by atoms with van der Waals surface area (Å²) in [4.78, 5) is 16.8. The highest BCUT2D eigenvalue weighted by molar-refractivity contribution is 5.86. The van der Waals surface area contributed by atoms with Crippen LogP contribution in [0.3, 0.4) is 0 Å². The van der Waals surface area contributed by atoms with Crippen molar-refractivity contribution in [1.82, 2.24) is 4.98 Å². The predicted molar refractivity (Wildman–Crippen MR) is 100 cm³/mol. The van der Waals surface area contributed by atoms with Gasteiger partial charge in [-0.25, -0.2) is 4.39 Å². The summed E-state index contributed by atoms with van der Waals surface area (Å²) in [6.45, 7) is 0.688. The largest absolute Gasteiger partial charge is 0.369 e. The van der Waals surface area contributed by atoms with Crippen molar-refractivity contribution in [3.8, 4) is 0 Å². The van der Waals surface area contributed by atoms with E-state index in [2.05, 4.69) is 4.98 Å². The van der Waals surface area contributed by atoms with Gasteiger partial charge in [-0.05, 0) is 62.1 Å². The number of carbonyl (C=O) groups is 1. The fourth-order valence-electron chi connectivity index (χ4n) is 4.20. The van der Waals surface area contributed by atoms with Crippen LogP contribution >= 0.6 is 0 Å². The van der Waals surface area contributed by atoms with E-state index < -0.39 is 11.0 Å². The lowest BCUT2D eigenvalue weighted by molar-refractivity contribution is -0.132. The molecule has 2 saturated carbocycles. The van der Waals surface area contributed by atoms with Crippen LogP contribution in [0.2, 0.25) is 0 Å². The number of ether oxygens (including phenoxy) is 1. The number of amides is 1. The average Bonchev–Trinajstić information content (AvgIpc) is 3.52. The zero-order valence-electron chi connectivity index (χ0n) is 15.4. The normalized spacial score (nSPS) is 28.0. The Kier molecular flexibility index (Phi) is 4.72. The van der Waals surface area contributed by atoms with Crippen LogP contribution in [0.5, 0.6) is 0 Å². The van der Waals surface area contributed by atoms with Gasteiger partial charge < -0.3 is 10.5 Å². The summed E-state index contributed by atoms with van der Waals surface area (Å²) in [7, 11) is 0. The first-order chi connectivity index (χ1) is 13.0. The lowest BCUT2D eigenvalue weighted by atomic mass is 9.64. The van der Waals surface area contributed by atoms with Crippen molar-refractivity contribution in [3.05, 3.63) is 65.7 Å². The zero-order chi connectivity index (χ0) is 18.9. The third kappa shape index (κ3) is 3.48. The molecule has 0 aliphatic heterocycles. The number of hydrogen-bond acceptors (Lipinski definition) is 3. The predicted octanol–water partition coefficient (Wildman–Crippen LogP) is 3.84. The quantitative estimate of drug-likeness (QED) is 0.842. The Balaban J connectivity index is 1.63. The molecule has 0 spiro atoms. The maximum Gasteiger partial charge on any atom is 0.228 e. The Hall–Kier alpha value is -2.27. The van der Waals surface area contributed by atoms with Crippen molar-refractivity contribution >= 4 is 5.91 Å². The monoisotopic (exact) mass is 368 g/mol. The van der Waals surface area contributed by atoms with Crippen molar-refractivity contribution in [2.75, 3.05) is 6.61 Å². The highest BCUT2D eigenvalue weighted by atomic mass is 19.1. The third-order valence-electron chi connectivity index (χ3n) is 6.20. The van der Waals surface area contributed by atoms with E-state index in [1.807, 2.05) is 30.3 Å². The van der Waals surface area contributed by atoms with Crippen LogP contribution in [0, 0.1) is 11.7 Å². The molecular formula is C22H25FN2O2. The molecule has 4 nitrogen and oxygen atoms in total. The highest BCUT2D eigenvalue weighted by Gasteiger charge is 2.49. The maximum atomic E-state index is 13.4. The van der Waals surface area contributed by atoms with Crippen LogP contribution < -0.4 is 5.73 Å². The molecule has 1 amide bonds. The second kappa shape index (κ2) is 7.04. The van der Waals surface area contributed by atoms with E-state index in [0.717, 1.165) is 11.3 Å². The molecule has 0 radical (unpaired) electrons. The molecule has 27 heavy (non-hydrogen) atoms. The van der Waals surface area contributed by atoms with Crippen molar-refractivity contribution in [3.63, 3.8) is 0 Å². The van der Waals surface area contributed by atoms with Gasteiger partial charge in [0.15, 0.2) is 0 Å². The number of aromatic nitrogens is 1. The molecule has 0 saturated heterocycles. The molecule has 2 fully saturated rings. The molecule has 1 aromatic carbocycles. The van der Waals surface area contributed by atoms with Gasteiger partial charge in [0.2, 0.25) is 5.91 Å². The molecule has 142 valence electrons. The molecule has 4 rings (SSSR count). The molecule has 2 N–H and O–H groups in total. The van der Waals surface area contributed by atoms with Crippen molar-refractivity contribution in [2.24, 2.45) is 11.7 Å². The molecule has 0 atom stereocenters. The van der Waals surface area contributed by atoms with Crippen LogP contribution in [-0.2, 0) is 20.5 Å². The van der Waals surface area contributed by atoms with Crippen LogP contribution in [0.25, 0.3) is 0 Å². The van der Waals surface area contributed by atoms with Gasteiger partial charge in [-0.3, -0.25) is 9.78 Å². The first kappa shape index (κ1) is 18.1. The molecule has 0 unspecified atom stereocenters. The van der Waals surface area contributed by atoms with E-state index in [1.165, 1.54) is 25.1 Å². The van der Waals surface area contributed by atoms with E-state index in [4.69, 9.17) is 10.5 Å². The fraction of sp³-hybridized carbons (Fsp3) is 0.455. The second-order valence-corrected chi connectivity index (χ2v) is 7.92. The highest BCUT2D eigenvalue weighted by Crippen LogP contribution is 2.49.